The summed E-state index contributed by atoms with van der Waals surface area (Å²) in [5, 5.41) is 16.9. The molecule has 1 aromatic carbocycles. The second kappa shape index (κ2) is 8.87. The minimum Gasteiger partial charge on any atom is -0.393 e. The highest BCUT2D eigenvalue weighted by molar-refractivity contribution is 5.71. The molecular weight excluding hydrogens is 226 g/mol. The molecule has 0 atom stereocenters. The highest BCUT2D eigenvalue weighted by atomic mass is 16.5. The molecule has 0 bridgehead atoms. The van der Waals surface area contributed by atoms with E-state index >= 15 is 0 Å². The fourth-order valence-electron chi connectivity index (χ4n) is 1.46. The average Bonchev–Trinajstić information content (AvgIpc) is 2.42. The maximum Gasteiger partial charge on any atom is 0.0514 e. The Bertz CT molecular complexity index is 462. The van der Waals surface area contributed by atoms with Crippen molar-refractivity contribution in [3.05, 3.63) is 59.7 Å². The maximum absolute atomic E-state index is 7.98. The Morgan fingerprint density at radius 2 is 2.00 bits per heavy atom. The Kier molecular flexibility index (Phi) is 6.82. The summed E-state index contributed by atoms with van der Waals surface area (Å²) < 4.78 is 0. The van der Waals surface area contributed by atoms with E-state index in [-0.39, 0.29) is 0 Å². The van der Waals surface area contributed by atoms with Crippen molar-refractivity contribution in [2.24, 2.45) is 15.6 Å². The lowest BCUT2D eigenvalue weighted by molar-refractivity contribution is 0.282. The van der Waals surface area contributed by atoms with Gasteiger partial charge in [0.2, 0.25) is 0 Å². The van der Waals surface area contributed by atoms with Gasteiger partial charge in [0.05, 0.1) is 6.21 Å². The largest absolute Gasteiger partial charge is 0.393 e. The molecule has 4 heteroatoms. The standard InChI is InChI=1S/C14H17N3O/c1-2-13-9-7-10-14(12-13)8-5-3-4-6-11-15-16-17-18/h3-7,9-12H,2,8H2,1H3,(H,16,18)/b5-3+,6-4+,15-11+. The van der Waals surface area contributed by atoms with Crippen LogP contribution >= 0.6 is 0 Å². The van der Waals surface area contributed by atoms with Crippen LogP contribution in [-0.2, 0) is 12.8 Å². The Morgan fingerprint density at radius 3 is 2.78 bits per heavy atom. The third-order valence-electron chi connectivity index (χ3n) is 2.36. The van der Waals surface area contributed by atoms with Gasteiger partial charge in [-0.05, 0) is 35.3 Å². The second-order valence-electron chi connectivity index (χ2n) is 3.63. The van der Waals surface area contributed by atoms with E-state index in [1.807, 2.05) is 12.2 Å². The number of hydrogen-bond acceptors (Lipinski definition) is 2. The van der Waals surface area contributed by atoms with Crippen LogP contribution in [0, 0.1) is 0 Å². The molecule has 94 valence electrons. The van der Waals surface area contributed by atoms with Crippen LogP contribution in [0.4, 0.5) is 0 Å². The van der Waals surface area contributed by atoms with E-state index < -0.39 is 0 Å². The molecule has 0 aliphatic carbocycles. The van der Waals surface area contributed by atoms with Gasteiger partial charge in [0.25, 0.3) is 0 Å². The highest BCUT2D eigenvalue weighted by Crippen LogP contribution is 2.07. The van der Waals surface area contributed by atoms with E-state index in [0.717, 1.165) is 12.8 Å². The van der Waals surface area contributed by atoms with Crippen molar-refractivity contribution in [3.8, 4) is 0 Å². The van der Waals surface area contributed by atoms with Crippen molar-refractivity contribution in [2.45, 2.75) is 19.8 Å². The number of benzene rings is 1. The van der Waals surface area contributed by atoms with E-state index in [1.165, 1.54) is 17.3 Å². The molecule has 4 nitrogen and oxygen atoms in total. The molecule has 0 aromatic heterocycles. The Balaban J connectivity index is 2.40. The molecule has 0 heterocycles. The number of nitrogens with zero attached hydrogens (tertiary/aromatic N) is 3. The molecule has 18 heavy (non-hydrogen) atoms. The minimum atomic E-state index is 0.908. The molecule has 0 unspecified atom stereocenters. The fraction of sp³-hybridized carbons (Fsp3) is 0.214. The lowest BCUT2D eigenvalue weighted by Gasteiger charge is -1.99. The molecule has 0 radical (unpaired) electrons. The highest BCUT2D eigenvalue weighted by Gasteiger charge is 1.91. The Hall–Kier alpha value is -2.23. The van der Waals surface area contributed by atoms with Crippen molar-refractivity contribution in [3.63, 3.8) is 0 Å². The first kappa shape index (κ1) is 13.8. The van der Waals surface area contributed by atoms with Crippen molar-refractivity contribution < 1.29 is 5.21 Å². The lowest BCUT2D eigenvalue weighted by Crippen LogP contribution is -1.84. The van der Waals surface area contributed by atoms with E-state index in [1.54, 1.807) is 6.08 Å². The molecule has 1 N–H and O–H groups in total. The van der Waals surface area contributed by atoms with Gasteiger partial charge in [-0.1, -0.05) is 49.4 Å². The van der Waals surface area contributed by atoms with E-state index in [9.17, 15) is 0 Å². The van der Waals surface area contributed by atoms with Crippen LogP contribution in [0.3, 0.4) is 0 Å². The number of hydrogen-bond donors (Lipinski definition) is 1. The van der Waals surface area contributed by atoms with E-state index in [4.69, 9.17) is 5.21 Å². The summed E-state index contributed by atoms with van der Waals surface area (Å²) >= 11 is 0. The first-order chi connectivity index (χ1) is 8.86. The average molecular weight is 243 g/mol. The molecule has 1 aromatic rings. The van der Waals surface area contributed by atoms with Gasteiger partial charge in [-0.15, -0.1) is 5.10 Å². The number of allylic oxidation sites excluding steroid dienone is 4. The van der Waals surface area contributed by atoms with Gasteiger partial charge in [0.15, 0.2) is 0 Å². The normalized spacial score (nSPS) is 12.5. The van der Waals surface area contributed by atoms with Crippen molar-refractivity contribution in [2.75, 3.05) is 0 Å². The van der Waals surface area contributed by atoms with Gasteiger partial charge in [-0.3, -0.25) is 0 Å². The summed E-state index contributed by atoms with van der Waals surface area (Å²) in [6, 6.07) is 8.57. The summed E-state index contributed by atoms with van der Waals surface area (Å²) in [5.74, 6) is 0. The van der Waals surface area contributed by atoms with Crippen LogP contribution in [0.1, 0.15) is 18.1 Å². The molecule has 0 saturated heterocycles. The van der Waals surface area contributed by atoms with Gasteiger partial charge in [-0.25, -0.2) is 0 Å². The molecule has 0 fully saturated rings. The van der Waals surface area contributed by atoms with Gasteiger partial charge in [0.1, 0.15) is 0 Å². The first-order valence-corrected chi connectivity index (χ1v) is 5.84. The van der Waals surface area contributed by atoms with Crippen molar-refractivity contribution >= 4 is 6.21 Å². The van der Waals surface area contributed by atoms with Crippen LogP contribution in [-0.4, -0.2) is 11.4 Å². The van der Waals surface area contributed by atoms with Gasteiger partial charge in [0, 0.05) is 5.28 Å². The molecule has 1 rings (SSSR count). The predicted molar refractivity (Wildman–Crippen MR) is 72.9 cm³/mol. The van der Waals surface area contributed by atoms with E-state index in [2.05, 4.69) is 52.9 Å². The van der Waals surface area contributed by atoms with E-state index in [0.29, 0.717) is 0 Å². The van der Waals surface area contributed by atoms with Crippen LogP contribution < -0.4 is 0 Å². The topological polar surface area (TPSA) is 57.3 Å². The van der Waals surface area contributed by atoms with Crippen LogP contribution in [0.25, 0.3) is 0 Å². The molecule has 0 aliphatic heterocycles. The smallest absolute Gasteiger partial charge is 0.0514 e. The van der Waals surface area contributed by atoms with Crippen LogP contribution in [0.5, 0.6) is 0 Å². The SMILES string of the molecule is CCc1cccc(C/C=C/C=C/C=N/N=N/O)c1. The molecule has 0 aliphatic rings. The quantitative estimate of drug-likeness (QED) is 0.352. The molecule has 0 spiro atoms. The lowest BCUT2D eigenvalue weighted by atomic mass is 10.1. The summed E-state index contributed by atoms with van der Waals surface area (Å²) in [6.45, 7) is 2.15. The minimum absolute atomic E-state index is 0.908. The third kappa shape index (κ3) is 5.75. The molecule has 0 amide bonds. The summed E-state index contributed by atoms with van der Waals surface area (Å²) in [6.07, 6.45) is 11.0. The molecular formula is C14H17N3O. The summed E-state index contributed by atoms with van der Waals surface area (Å²) in [5.41, 5.74) is 2.67. The Morgan fingerprint density at radius 1 is 1.17 bits per heavy atom. The zero-order valence-corrected chi connectivity index (χ0v) is 10.4. The first-order valence-electron chi connectivity index (χ1n) is 5.84. The maximum atomic E-state index is 7.98. The fourth-order valence-corrected chi connectivity index (χ4v) is 1.46. The second-order valence-corrected chi connectivity index (χ2v) is 3.63. The predicted octanol–water partition coefficient (Wildman–Crippen LogP) is 3.73. The van der Waals surface area contributed by atoms with Crippen LogP contribution in [0.15, 0.2) is 64.2 Å². The van der Waals surface area contributed by atoms with Crippen LogP contribution in [0.2, 0.25) is 0 Å². The van der Waals surface area contributed by atoms with Crippen molar-refractivity contribution in [1.82, 2.24) is 0 Å². The van der Waals surface area contributed by atoms with Gasteiger partial charge >= 0.3 is 0 Å². The monoisotopic (exact) mass is 243 g/mol. The molecule has 0 saturated carbocycles. The third-order valence-corrected chi connectivity index (χ3v) is 2.36. The number of rotatable bonds is 6. The summed E-state index contributed by atoms with van der Waals surface area (Å²) in [7, 11) is 0. The van der Waals surface area contributed by atoms with Gasteiger partial charge < -0.3 is 5.21 Å². The number of aryl methyl sites for hydroxylation is 1. The van der Waals surface area contributed by atoms with Gasteiger partial charge in [-0.2, -0.15) is 0 Å². The zero-order valence-electron chi connectivity index (χ0n) is 10.4. The Labute approximate surface area is 107 Å². The zero-order chi connectivity index (χ0) is 13.1. The summed E-state index contributed by atoms with van der Waals surface area (Å²) in [4.78, 5) is 0. The van der Waals surface area contributed by atoms with Crippen molar-refractivity contribution in [1.29, 1.82) is 0 Å².